The summed E-state index contributed by atoms with van der Waals surface area (Å²) < 4.78 is 0. The molecule has 0 aliphatic heterocycles. The molecule has 1 N–H and O–H groups in total. The summed E-state index contributed by atoms with van der Waals surface area (Å²) in [5, 5.41) is 4.17. The van der Waals surface area contributed by atoms with Crippen LogP contribution in [0.25, 0.3) is 0 Å². The van der Waals surface area contributed by atoms with Gasteiger partial charge in [0.1, 0.15) is 0 Å². The van der Waals surface area contributed by atoms with Crippen molar-refractivity contribution in [1.82, 2.24) is 10.3 Å². The van der Waals surface area contributed by atoms with Crippen molar-refractivity contribution in [3.05, 3.63) is 29.0 Å². The van der Waals surface area contributed by atoms with Gasteiger partial charge in [-0.05, 0) is 24.6 Å². The van der Waals surface area contributed by atoms with Crippen LogP contribution in [0, 0.1) is 5.92 Å². The first-order valence-electron chi connectivity index (χ1n) is 5.47. The minimum absolute atomic E-state index is 0.490. The quantitative estimate of drug-likeness (QED) is 0.835. The fourth-order valence-electron chi connectivity index (χ4n) is 1.56. The highest BCUT2D eigenvalue weighted by molar-refractivity contribution is 6.30. The molecule has 0 amide bonds. The van der Waals surface area contributed by atoms with Gasteiger partial charge in [-0.15, -0.1) is 0 Å². The zero-order valence-corrected chi connectivity index (χ0v) is 10.4. The molecule has 0 saturated carbocycles. The summed E-state index contributed by atoms with van der Waals surface area (Å²) in [5.74, 6) is 0.613. The number of rotatable bonds is 5. The molecule has 1 unspecified atom stereocenters. The lowest BCUT2D eigenvalue weighted by Crippen LogP contribution is -2.35. The highest BCUT2D eigenvalue weighted by Crippen LogP contribution is 2.11. The first kappa shape index (κ1) is 12.5. The van der Waals surface area contributed by atoms with Gasteiger partial charge < -0.3 is 5.32 Å². The number of nitrogens with one attached hydrogen (secondary N) is 1. The van der Waals surface area contributed by atoms with Crippen molar-refractivity contribution in [3.8, 4) is 0 Å². The first-order valence-corrected chi connectivity index (χ1v) is 5.85. The number of hydrogen-bond acceptors (Lipinski definition) is 2. The second-order valence-electron chi connectivity index (χ2n) is 4.08. The first-order chi connectivity index (χ1) is 7.13. The molecule has 15 heavy (non-hydrogen) atoms. The van der Waals surface area contributed by atoms with Crippen LogP contribution in [-0.4, -0.2) is 17.6 Å². The van der Waals surface area contributed by atoms with Gasteiger partial charge in [0, 0.05) is 24.4 Å². The molecule has 1 heterocycles. The lowest BCUT2D eigenvalue weighted by Gasteiger charge is -2.21. The van der Waals surface area contributed by atoms with Gasteiger partial charge in [0.25, 0.3) is 0 Å². The van der Waals surface area contributed by atoms with Crippen LogP contribution in [0.3, 0.4) is 0 Å². The molecule has 3 heteroatoms. The lowest BCUT2D eigenvalue weighted by atomic mass is 9.99. The zero-order valence-electron chi connectivity index (χ0n) is 9.63. The molecular weight excluding hydrogens is 208 g/mol. The normalized spacial score (nSPS) is 13.1. The third-order valence-electron chi connectivity index (χ3n) is 2.49. The number of likely N-dealkylation sites (N-methyl/N-ethyl adjacent to an activating group) is 1. The van der Waals surface area contributed by atoms with Gasteiger partial charge in [-0.1, -0.05) is 32.4 Å². The molecule has 1 atom stereocenters. The number of nitrogens with zero attached hydrogens (tertiary/aromatic N) is 1. The standard InChI is InChI=1S/C12H19ClN2/c1-4-14-12(9(2)3)7-11-6-5-10(13)8-15-11/h5-6,8-9,12,14H,4,7H2,1-3H3. The van der Waals surface area contributed by atoms with E-state index < -0.39 is 0 Å². The maximum Gasteiger partial charge on any atom is 0.0589 e. The summed E-state index contributed by atoms with van der Waals surface area (Å²) in [6.45, 7) is 7.58. The highest BCUT2D eigenvalue weighted by Gasteiger charge is 2.12. The van der Waals surface area contributed by atoms with Crippen molar-refractivity contribution in [2.24, 2.45) is 5.92 Å². The average molecular weight is 227 g/mol. The van der Waals surface area contributed by atoms with E-state index in [1.165, 1.54) is 0 Å². The molecule has 1 rings (SSSR count). The Bertz CT molecular complexity index is 282. The second kappa shape index (κ2) is 6.09. The summed E-state index contributed by atoms with van der Waals surface area (Å²) in [4.78, 5) is 4.31. The Hall–Kier alpha value is -0.600. The smallest absolute Gasteiger partial charge is 0.0589 e. The predicted octanol–water partition coefficient (Wildman–Crippen LogP) is 2.91. The molecule has 0 saturated heterocycles. The average Bonchev–Trinajstić information content (AvgIpc) is 2.20. The van der Waals surface area contributed by atoms with Gasteiger partial charge in [-0.2, -0.15) is 0 Å². The van der Waals surface area contributed by atoms with Gasteiger partial charge >= 0.3 is 0 Å². The van der Waals surface area contributed by atoms with Crippen molar-refractivity contribution in [3.63, 3.8) is 0 Å². The van der Waals surface area contributed by atoms with E-state index in [4.69, 9.17) is 11.6 Å². The molecule has 0 aromatic carbocycles. The largest absolute Gasteiger partial charge is 0.314 e. The van der Waals surface area contributed by atoms with E-state index in [0.717, 1.165) is 18.7 Å². The Kier molecular flexibility index (Phi) is 5.06. The maximum atomic E-state index is 5.79. The summed E-state index contributed by atoms with van der Waals surface area (Å²) in [7, 11) is 0. The molecule has 0 aliphatic carbocycles. The van der Waals surface area contributed by atoms with Crippen LogP contribution in [0.4, 0.5) is 0 Å². The lowest BCUT2D eigenvalue weighted by molar-refractivity contribution is 0.402. The van der Waals surface area contributed by atoms with Crippen molar-refractivity contribution in [1.29, 1.82) is 0 Å². The molecule has 2 nitrogen and oxygen atoms in total. The van der Waals surface area contributed by atoms with E-state index >= 15 is 0 Å². The van der Waals surface area contributed by atoms with Gasteiger partial charge in [-0.3, -0.25) is 4.98 Å². The third-order valence-corrected chi connectivity index (χ3v) is 2.71. The molecule has 0 bridgehead atoms. The minimum atomic E-state index is 0.490. The summed E-state index contributed by atoms with van der Waals surface area (Å²) >= 11 is 5.79. The van der Waals surface area contributed by atoms with Crippen LogP contribution >= 0.6 is 11.6 Å². The predicted molar refractivity (Wildman–Crippen MR) is 65.3 cm³/mol. The molecular formula is C12H19ClN2. The molecule has 0 spiro atoms. The Balaban J connectivity index is 2.61. The van der Waals surface area contributed by atoms with Crippen LogP contribution in [0.15, 0.2) is 18.3 Å². The molecule has 84 valence electrons. The van der Waals surface area contributed by atoms with Crippen molar-refractivity contribution >= 4 is 11.6 Å². The van der Waals surface area contributed by atoms with Crippen LogP contribution in [0.2, 0.25) is 5.02 Å². The Morgan fingerprint density at radius 3 is 2.60 bits per heavy atom. The summed E-state index contributed by atoms with van der Waals surface area (Å²) in [6.07, 6.45) is 2.67. The van der Waals surface area contributed by atoms with Crippen molar-refractivity contribution in [2.75, 3.05) is 6.54 Å². The van der Waals surface area contributed by atoms with E-state index in [1.54, 1.807) is 6.20 Å². The number of hydrogen-bond donors (Lipinski definition) is 1. The van der Waals surface area contributed by atoms with E-state index in [9.17, 15) is 0 Å². The monoisotopic (exact) mass is 226 g/mol. The van der Waals surface area contributed by atoms with Gasteiger partial charge in [0.2, 0.25) is 0 Å². The van der Waals surface area contributed by atoms with E-state index in [2.05, 4.69) is 31.1 Å². The maximum absolute atomic E-state index is 5.79. The van der Waals surface area contributed by atoms with E-state index in [1.807, 2.05) is 12.1 Å². The summed E-state index contributed by atoms with van der Waals surface area (Å²) in [5.41, 5.74) is 1.10. The minimum Gasteiger partial charge on any atom is -0.314 e. The van der Waals surface area contributed by atoms with Crippen LogP contribution < -0.4 is 5.32 Å². The van der Waals surface area contributed by atoms with Crippen LogP contribution in [0.1, 0.15) is 26.5 Å². The van der Waals surface area contributed by atoms with Gasteiger partial charge in [-0.25, -0.2) is 0 Å². The van der Waals surface area contributed by atoms with Gasteiger partial charge in [0.15, 0.2) is 0 Å². The fraction of sp³-hybridized carbons (Fsp3) is 0.583. The van der Waals surface area contributed by atoms with E-state index in [-0.39, 0.29) is 0 Å². The molecule has 0 fully saturated rings. The topological polar surface area (TPSA) is 24.9 Å². The molecule has 1 aromatic rings. The zero-order chi connectivity index (χ0) is 11.3. The molecule has 0 aliphatic rings. The Morgan fingerprint density at radius 2 is 2.13 bits per heavy atom. The van der Waals surface area contributed by atoms with Crippen LogP contribution in [-0.2, 0) is 6.42 Å². The summed E-state index contributed by atoms with van der Waals surface area (Å²) in [6, 6.07) is 4.38. The molecule has 1 aromatic heterocycles. The second-order valence-corrected chi connectivity index (χ2v) is 4.52. The fourth-order valence-corrected chi connectivity index (χ4v) is 1.67. The van der Waals surface area contributed by atoms with Crippen molar-refractivity contribution in [2.45, 2.75) is 33.2 Å². The number of aromatic nitrogens is 1. The van der Waals surface area contributed by atoms with Crippen LogP contribution in [0.5, 0.6) is 0 Å². The Labute approximate surface area is 97.1 Å². The van der Waals surface area contributed by atoms with Crippen molar-refractivity contribution < 1.29 is 0 Å². The Morgan fingerprint density at radius 1 is 1.40 bits per heavy atom. The third kappa shape index (κ3) is 4.18. The molecule has 0 radical (unpaired) electrons. The van der Waals surface area contributed by atoms with Gasteiger partial charge in [0.05, 0.1) is 5.02 Å². The van der Waals surface area contributed by atoms with E-state index in [0.29, 0.717) is 17.0 Å². The highest BCUT2D eigenvalue weighted by atomic mass is 35.5. The SMILES string of the molecule is CCNC(Cc1ccc(Cl)cn1)C(C)C. The number of pyridine rings is 1. The number of halogens is 1.